The zero-order valence-corrected chi connectivity index (χ0v) is 13.6. The van der Waals surface area contributed by atoms with Crippen molar-refractivity contribution < 1.29 is 9.26 Å². The number of para-hydroxylation sites is 1. The van der Waals surface area contributed by atoms with E-state index in [9.17, 15) is 0 Å². The lowest BCUT2D eigenvalue weighted by Gasteiger charge is -2.05. The monoisotopic (exact) mass is 392 g/mol. The molecule has 5 heteroatoms. The second kappa shape index (κ2) is 6.26. The maximum Gasteiger partial charge on any atom is 0.257 e. The van der Waals surface area contributed by atoms with Crippen LogP contribution in [-0.4, -0.2) is 17.3 Å². The molecule has 0 aliphatic heterocycles. The lowest BCUT2D eigenvalue weighted by atomic mass is 10.1. The lowest BCUT2D eigenvalue weighted by Crippen LogP contribution is -1.95. The number of methoxy groups -OCH3 is 1. The van der Waals surface area contributed by atoms with Gasteiger partial charge in [0.15, 0.2) is 5.82 Å². The van der Waals surface area contributed by atoms with Crippen LogP contribution in [0, 0.1) is 3.57 Å². The number of hydrogen-bond donors (Lipinski definition) is 0. The van der Waals surface area contributed by atoms with E-state index >= 15 is 0 Å². The predicted octanol–water partition coefficient (Wildman–Crippen LogP) is 3.94. The molecule has 3 rings (SSSR count). The normalized spacial score (nSPS) is 10.6. The van der Waals surface area contributed by atoms with Crippen LogP contribution in [0.3, 0.4) is 0 Å². The molecule has 0 amide bonds. The van der Waals surface area contributed by atoms with Crippen molar-refractivity contribution >= 4 is 22.6 Å². The Kier molecular flexibility index (Phi) is 4.19. The van der Waals surface area contributed by atoms with E-state index in [1.165, 1.54) is 3.57 Å². The van der Waals surface area contributed by atoms with E-state index in [1.54, 1.807) is 7.11 Å². The minimum Gasteiger partial charge on any atom is -0.496 e. The van der Waals surface area contributed by atoms with E-state index < -0.39 is 0 Å². The summed E-state index contributed by atoms with van der Waals surface area (Å²) < 4.78 is 11.8. The topological polar surface area (TPSA) is 48.2 Å². The van der Waals surface area contributed by atoms with Gasteiger partial charge in [-0.15, -0.1) is 0 Å². The Morgan fingerprint density at radius 3 is 2.62 bits per heavy atom. The van der Waals surface area contributed by atoms with E-state index in [2.05, 4.69) is 32.7 Å². The molecule has 0 saturated heterocycles. The number of hydrogen-bond acceptors (Lipinski definition) is 4. The number of nitrogens with zero attached hydrogens (tertiary/aromatic N) is 2. The van der Waals surface area contributed by atoms with Crippen molar-refractivity contribution in [2.45, 2.75) is 6.42 Å². The highest BCUT2D eigenvalue weighted by molar-refractivity contribution is 14.1. The molecular formula is C16H13IN2O2. The molecule has 0 atom stereocenters. The Hall–Kier alpha value is -1.89. The van der Waals surface area contributed by atoms with Crippen LogP contribution in [0.4, 0.5) is 0 Å². The van der Waals surface area contributed by atoms with Crippen LogP contribution in [0.15, 0.2) is 53.1 Å². The molecule has 0 aliphatic carbocycles. The molecule has 3 aromatic rings. The molecule has 0 aliphatic rings. The van der Waals surface area contributed by atoms with Crippen LogP contribution < -0.4 is 4.74 Å². The highest BCUT2D eigenvalue weighted by Crippen LogP contribution is 2.22. The van der Waals surface area contributed by atoms with Gasteiger partial charge in [-0.1, -0.05) is 23.4 Å². The molecule has 1 heterocycles. The van der Waals surface area contributed by atoms with Crippen LogP contribution in [0.2, 0.25) is 0 Å². The van der Waals surface area contributed by atoms with Crippen LogP contribution in [-0.2, 0) is 6.42 Å². The Morgan fingerprint density at radius 2 is 1.86 bits per heavy atom. The van der Waals surface area contributed by atoms with Gasteiger partial charge in [-0.2, -0.15) is 4.98 Å². The summed E-state index contributed by atoms with van der Waals surface area (Å²) in [7, 11) is 1.66. The fourth-order valence-electron chi connectivity index (χ4n) is 2.05. The molecule has 0 unspecified atom stereocenters. The summed E-state index contributed by atoms with van der Waals surface area (Å²) in [5.74, 6) is 2.02. The first-order valence-electron chi connectivity index (χ1n) is 6.46. The highest BCUT2D eigenvalue weighted by Gasteiger charge is 2.11. The molecule has 4 nitrogen and oxygen atoms in total. The van der Waals surface area contributed by atoms with Crippen LogP contribution in [0.25, 0.3) is 11.5 Å². The first-order chi connectivity index (χ1) is 10.3. The molecule has 0 bridgehead atoms. The quantitative estimate of drug-likeness (QED) is 0.632. The van der Waals surface area contributed by atoms with Crippen molar-refractivity contribution in [1.29, 1.82) is 0 Å². The number of aromatic nitrogens is 2. The van der Waals surface area contributed by atoms with Gasteiger partial charge in [-0.05, 0) is 52.9 Å². The molecule has 0 spiro atoms. The Labute approximate surface area is 136 Å². The van der Waals surface area contributed by atoms with E-state index in [0.717, 1.165) is 16.9 Å². The minimum atomic E-state index is 0.538. The smallest absolute Gasteiger partial charge is 0.257 e. The van der Waals surface area contributed by atoms with Gasteiger partial charge >= 0.3 is 0 Å². The summed E-state index contributed by atoms with van der Waals surface area (Å²) in [5, 5.41) is 4.04. The summed E-state index contributed by atoms with van der Waals surface area (Å²) in [5.41, 5.74) is 1.96. The zero-order chi connectivity index (χ0) is 14.7. The van der Waals surface area contributed by atoms with E-state index in [4.69, 9.17) is 9.26 Å². The lowest BCUT2D eigenvalue weighted by molar-refractivity contribution is 0.408. The van der Waals surface area contributed by atoms with Crippen molar-refractivity contribution in [2.24, 2.45) is 0 Å². The maximum absolute atomic E-state index is 5.34. The van der Waals surface area contributed by atoms with Crippen molar-refractivity contribution in [1.82, 2.24) is 10.1 Å². The highest BCUT2D eigenvalue weighted by atomic mass is 127. The Bertz CT molecular complexity index is 738. The van der Waals surface area contributed by atoms with E-state index in [-0.39, 0.29) is 0 Å². The van der Waals surface area contributed by atoms with Gasteiger partial charge in [0.05, 0.1) is 7.11 Å². The summed E-state index contributed by atoms with van der Waals surface area (Å²) >= 11 is 2.26. The van der Waals surface area contributed by atoms with E-state index in [1.807, 2.05) is 48.5 Å². The minimum absolute atomic E-state index is 0.538. The van der Waals surface area contributed by atoms with Crippen LogP contribution >= 0.6 is 22.6 Å². The molecule has 0 fully saturated rings. The van der Waals surface area contributed by atoms with E-state index in [0.29, 0.717) is 18.1 Å². The van der Waals surface area contributed by atoms with Crippen molar-refractivity contribution in [3.05, 3.63) is 63.5 Å². The van der Waals surface area contributed by atoms with Gasteiger partial charge < -0.3 is 9.26 Å². The molecule has 2 aromatic carbocycles. The molecule has 0 radical (unpaired) electrons. The Balaban J connectivity index is 1.83. The maximum atomic E-state index is 5.34. The fraction of sp³-hybridized carbons (Fsp3) is 0.125. The third-order valence-corrected chi connectivity index (χ3v) is 3.82. The van der Waals surface area contributed by atoms with Gasteiger partial charge in [0.1, 0.15) is 5.75 Å². The second-order valence-corrected chi connectivity index (χ2v) is 5.76. The molecule has 1 aromatic heterocycles. The SMILES string of the molecule is COc1ccccc1Cc1noc(-c2ccc(I)cc2)n1. The Morgan fingerprint density at radius 1 is 1.10 bits per heavy atom. The third-order valence-electron chi connectivity index (χ3n) is 3.10. The molecule has 0 saturated carbocycles. The van der Waals surface area contributed by atoms with Gasteiger partial charge in [0.2, 0.25) is 0 Å². The molecule has 21 heavy (non-hydrogen) atoms. The largest absolute Gasteiger partial charge is 0.496 e. The summed E-state index contributed by atoms with van der Waals surface area (Å²) in [6.07, 6.45) is 0.581. The van der Waals surface area contributed by atoms with Gasteiger partial charge in [0, 0.05) is 21.1 Å². The molecular weight excluding hydrogens is 379 g/mol. The fourth-order valence-corrected chi connectivity index (χ4v) is 2.41. The van der Waals surface area contributed by atoms with Gasteiger partial charge in [0.25, 0.3) is 5.89 Å². The first kappa shape index (κ1) is 14.1. The summed E-state index contributed by atoms with van der Waals surface area (Å²) in [4.78, 5) is 4.45. The molecule has 0 N–H and O–H groups in total. The average molecular weight is 392 g/mol. The summed E-state index contributed by atoms with van der Waals surface area (Å²) in [6.45, 7) is 0. The predicted molar refractivity (Wildman–Crippen MR) is 88.3 cm³/mol. The number of rotatable bonds is 4. The standard InChI is InChI=1S/C16H13IN2O2/c1-20-14-5-3-2-4-12(14)10-15-18-16(21-19-15)11-6-8-13(17)9-7-11/h2-9H,10H2,1H3. The van der Waals surface area contributed by atoms with Crippen molar-refractivity contribution in [3.8, 4) is 17.2 Å². The summed E-state index contributed by atoms with van der Waals surface area (Å²) in [6, 6.07) is 15.8. The van der Waals surface area contributed by atoms with Gasteiger partial charge in [-0.25, -0.2) is 0 Å². The van der Waals surface area contributed by atoms with Gasteiger partial charge in [-0.3, -0.25) is 0 Å². The van der Waals surface area contributed by atoms with Crippen LogP contribution in [0.1, 0.15) is 11.4 Å². The average Bonchev–Trinajstić information content (AvgIpc) is 2.97. The number of ether oxygens (including phenoxy) is 1. The van der Waals surface area contributed by atoms with Crippen molar-refractivity contribution in [3.63, 3.8) is 0 Å². The third kappa shape index (κ3) is 3.24. The first-order valence-corrected chi connectivity index (χ1v) is 7.54. The van der Waals surface area contributed by atoms with Crippen LogP contribution in [0.5, 0.6) is 5.75 Å². The second-order valence-electron chi connectivity index (χ2n) is 4.51. The molecule has 106 valence electrons. The van der Waals surface area contributed by atoms with Crippen molar-refractivity contribution in [2.75, 3.05) is 7.11 Å². The number of benzene rings is 2. The number of halogens is 1. The zero-order valence-electron chi connectivity index (χ0n) is 11.4.